The van der Waals surface area contributed by atoms with Gasteiger partial charge in [0.2, 0.25) is 10.0 Å². The van der Waals surface area contributed by atoms with Crippen LogP contribution in [0, 0.1) is 10.1 Å². The first-order valence-corrected chi connectivity index (χ1v) is 8.10. The number of non-ortho nitro benzene ring substituents is 1. The number of anilines is 1. The van der Waals surface area contributed by atoms with Crippen LogP contribution in [0.1, 0.15) is 5.56 Å². The molecule has 0 atom stereocenters. The van der Waals surface area contributed by atoms with Crippen molar-refractivity contribution in [1.29, 1.82) is 0 Å². The molecule has 0 bridgehead atoms. The first kappa shape index (κ1) is 17.4. The van der Waals surface area contributed by atoms with E-state index in [9.17, 15) is 18.5 Å². The van der Waals surface area contributed by atoms with E-state index in [1.807, 2.05) is 0 Å². The van der Waals surface area contributed by atoms with Gasteiger partial charge in [-0.2, -0.15) is 5.10 Å². The molecule has 0 spiro atoms. The summed E-state index contributed by atoms with van der Waals surface area (Å²) in [5, 5.41) is 19.7. The minimum atomic E-state index is -4.15. The number of ether oxygens (including phenoxy) is 1. The van der Waals surface area contributed by atoms with E-state index < -0.39 is 19.8 Å². The molecule has 0 radical (unpaired) electrons. The van der Waals surface area contributed by atoms with E-state index in [4.69, 9.17) is 9.88 Å². The molecular formula is C14H14N4O5S. The van der Waals surface area contributed by atoms with E-state index in [-0.39, 0.29) is 11.4 Å². The van der Waals surface area contributed by atoms with Crippen molar-refractivity contribution in [2.75, 3.05) is 12.5 Å². The number of hydrogen-bond donors (Lipinski definition) is 2. The Morgan fingerprint density at radius 2 is 1.92 bits per heavy atom. The van der Waals surface area contributed by atoms with Crippen molar-refractivity contribution in [1.82, 2.24) is 0 Å². The van der Waals surface area contributed by atoms with E-state index in [0.717, 1.165) is 17.7 Å². The Balaban J connectivity index is 2.25. The zero-order valence-electron chi connectivity index (χ0n) is 12.5. The van der Waals surface area contributed by atoms with Crippen LogP contribution in [0.3, 0.4) is 0 Å². The number of nitro groups is 1. The van der Waals surface area contributed by atoms with Gasteiger partial charge in [0, 0.05) is 12.1 Å². The molecule has 2 aromatic carbocycles. The number of nitrogens with zero attached hydrogens (tertiary/aromatic N) is 2. The third kappa shape index (κ3) is 4.27. The molecule has 0 aromatic heterocycles. The summed E-state index contributed by atoms with van der Waals surface area (Å²) in [5.74, 6) is 0.687. The van der Waals surface area contributed by atoms with E-state index in [2.05, 4.69) is 10.5 Å². The van der Waals surface area contributed by atoms with E-state index in [1.54, 1.807) is 31.4 Å². The minimum Gasteiger partial charge on any atom is -0.497 e. The van der Waals surface area contributed by atoms with Gasteiger partial charge in [-0.15, -0.1) is 0 Å². The number of sulfonamides is 1. The fraction of sp³-hybridized carbons (Fsp3) is 0.0714. The fourth-order valence-electron chi connectivity index (χ4n) is 1.82. The Labute approximate surface area is 138 Å². The molecule has 0 aliphatic rings. The van der Waals surface area contributed by atoms with Crippen molar-refractivity contribution in [2.45, 2.75) is 4.90 Å². The first-order valence-electron chi connectivity index (χ1n) is 6.55. The lowest BCUT2D eigenvalue weighted by Crippen LogP contribution is -2.14. The standard InChI is InChI=1S/C14H14N4O5S/c1-23-12-5-2-10(3-6-12)9-16-17-13-7-4-11(18(19)20)8-14(13)24(15,21)22/h2-9,17H,1H3,(H2,15,21,22)/b16-9-. The van der Waals surface area contributed by atoms with E-state index in [1.165, 1.54) is 12.3 Å². The topological polar surface area (TPSA) is 137 Å². The maximum atomic E-state index is 11.6. The van der Waals surface area contributed by atoms with Gasteiger partial charge in [-0.3, -0.25) is 15.5 Å². The second kappa shape index (κ2) is 7.06. The third-order valence-corrected chi connectivity index (χ3v) is 3.95. The number of hydrogen-bond acceptors (Lipinski definition) is 7. The molecule has 24 heavy (non-hydrogen) atoms. The highest BCUT2D eigenvalue weighted by Crippen LogP contribution is 2.25. The van der Waals surface area contributed by atoms with Gasteiger partial charge in [-0.05, 0) is 35.9 Å². The average Bonchev–Trinajstić information content (AvgIpc) is 2.54. The summed E-state index contributed by atoms with van der Waals surface area (Å²) in [7, 11) is -2.60. The summed E-state index contributed by atoms with van der Waals surface area (Å²) in [6, 6.07) is 10.2. The maximum Gasteiger partial charge on any atom is 0.270 e. The Hall–Kier alpha value is -2.98. The van der Waals surface area contributed by atoms with Gasteiger partial charge in [0.05, 0.1) is 23.9 Å². The van der Waals surface area contributed by atoms with Gasteiger partial charge >= 0.3 is 0 Å². The molecule has 0 aliphatic heterocycles. The Bertz CT molecular complexity index is 879. The van der Waals surface area contributed by atoms with Crippen molar-refractivity contribution < 1.29 is 18.1 Å². The summed E-state index contributed by atoms with van der Waals surface area (Å²) in [5.41, 5.74) is 2.91. The van der Waals surface area contributed by atoms with Gasteiger partial charge in [0.15, 0.2) is 0 Å². The highest BCUT2D eigenvalue weighted by molar-refractivity contribution is 7.89. The van der Waals surface area contributed by atoms with Gasteiger partial charge < -0.3 is 4.74 Å². The summed E-state index contributed by atoms with van der Waals surface area (Å²) in [6.45, 7) is 0. The van der Waals surface area contributed by atoms with E-state index >= 15 is 0 Å². The van der Waals surface area contributed by atoms with Crippen LogP contribution in [0.15, 0.2) is 52.5 Å². The first-order chi connectivity index (χ1) is 11.3. The highest BCUT2D eigenvalue weighted by atomic mass is 32.2. The fourth-order valence-corrected chi connectivity index (χ4v) is 2.52. The van der Waals surface area contributed by atoms with Crippen LogP contribution >= 0.6 is 0 Å². The molecule has 9 nitrogen and oxygen atoms in total. The molecule has 0 heterocycles. The molecule has 126 valence electrons. The van der Waals surface area contributed by atoms with E-state index in [0.29, 0.717) is 5.75 Å². The zero-order chi connectivity index (χ0) is 17.7. The number of rotatable bonds is 6. The van der Waals surface area contributed by atoms with Crippen molar-refractivity contribution in [3.63, 3.8) is 0 Å². The number of methoxy groups -OCH3 is 1. The lowest BCUT2D eigenvalue weighted by atomic mass is 10.2. The van der Waals surface area contributed by atoms with Crippen LogP contribution < -0.4 is 15.3 Å². The lowest BCUT2D eigenvalue weighted by Gasteiger charge is -2.06. The molecule has 3 N–H and O–H groups in total. The molecule has 0 saturated carbocycles. The average molecular weight is 350 g/mol. The molecular weight excluding hydrogens is 336 g/mol. The van der Waals surface area contributed by atoms with Crippen LogP contribution in [0.25, 0.3) is 0 Å². The van der Waals surface area contributed by atoms with Crippen molar-refractivity contribution >= 4 is 27.6 Å². The minimum absolute atomic E-state index is 0.0351. The number of hydrazone groups is 1. The molecule has 0 saturated heterocycles. The van der Waals surface area contributed by atoms with Crippen molar-refractivity contribution in [2.24, 2.45) is 10.2 Å². The second-order valence-electron chi connectivity index (χ2n) is 4.63. The zero-order valence-corrected chi connectivity index (χ0v) is 13.4. The van der Waals surface area contributed by atoms with Gasteiger partial charge in [0.25, 0.3) is 5.69 Å². The number of primary sulfonamides is 1. The number of nitro benzene ring substituents is 1. The molecule has 0 aliphatic carbocycles. The predicted molar refractivity (Wildman–Crippen MR) is 88.7 cm³/mol. The van der Waals surface area contributed by atoms with Crippen LogP contribution in [0.2, 0.25) is 0 Å². The monoisotopic (exact) mass is 350 g/mol. The molecule has 0 amide bonds. The summed E-state index contributed by atoms with van der Waals surface area (Å²) >= 11 is 0. The molecule has 2 rings (SSSR count). The Morgan fingerprint density at radius 1 is 1.25 bits per heavy atom. The van der Waals surface area contributed by atoms with Gasteiger partial charge in [-0.25, -0.2) is 13.6 Å². The molecule has 2 aromatic rings. The van der Waals surface area contributed by atoms with Crippen LogP contribution in [-0.2, 0) is 10.0 Å². The van der Waals surface area contributed by atoms with Crippen molar-refractivity contribution in [3.05, 3.63) is 58.1 Å². The lowest BCUT2D eigenvalue weighted by molar-refractivity contribution is -0.385. The van der Waals surface area contributed by atoms with Crippen LogP contribution in [-0.4, -0.2) is 26.7 Å². The quantitative estimate of drug-likeness (QED) is 0.462. The Morgan fingerprint density at radius 3 is 2.46 bits per heavy atom. The second-order valence-corrected chi connectivity index (χ2v) is 6.16. The largest absolute Gasteiger partial charge is 0.497 e. The maximum absolute atomic E-state index is 11.6. The SMILES string of the molecule is COc1ccc(/C=N\Nc2ccc([N+](=O)[O-])cc2S(N)(=O)=O)cc1. The predicted octanol–water partition coefficient (Wildman–Crippen LogP) is 1.70. The number of nitrogens with two attached hydrogens (primary N) is 1. The van der Waals surface area contributed by atoms with Crippen LogP contribution in [0.5, 0.6) is 5.75 Å². The van der Waals surface area contributed by atoms with Gasteiger partial charge in [0.1, 0.15) is 10.6 Å². The summed E-state index contributed by atoms with van der Waals surface area (Å²) in [6.07, 6.45) is 1.45. The Kier molecular flexibility index (Phi) is 5.11. The summed E-state index contributed by atoms with van der Waals surface area (Å²) in [4.78, 5) is 9.63. The molecule has 0 unspecified atom stereocenters. The number of nitrogens with one attached hydrogen (secondary N) is 1. The smallest absolute Gasteiger partial charge is 0.270 e. The normalized spacial score (nSPS) is 11.4. The third-order valence-electron chi connectivity index (χ3n) is 3.00. The molecule has 10 heteroatoms. The molecule has 0 fully saturated rings. The van der Waals surface area contributed by atoms with Gasteiger partial charge in [-0.1, -0.05) is 0 Å². The number of benzene rings is 2. The highest BCUT2D eigenvalue weighted by Gasteiger charge is 2.18. The van der Waals surface area contributed by atoms with Crippen molar-refractivity contribution in [3.8, 4) is 5.75 Å². The van der Waals surface area contributed by atoms with Crippen LogP contribution in [0.4, 0.5) is 11.4 Å². The summed E-state index contributed by atoms with van der Waals surface area (Å²) < 4.78 is 28.2.